The highest BCUT2D eigenvalue weighted by atomic mass is 32.2. The van der Waals surface area contributed by atoms with Crippen LogP contribution < -0.4 is 10.0 Å². The first-order valence-electron chi connectivity index (χ1n) is 8.59. The zero-order valence-corrected chi connectivity index (χ0v) is 16.9. The molecular formula is C19H21N3O3S2. The molecule has 142 valence electrons. The van der Waals surface area contributed by atoms with Gasteiger partial charge in [0.25, 0.3) is 5.91 Å². The van der Waals surface area contributed by atoms with Crippen LogP contribution in [0.25, 0.3) is 10.2 Å². The first kappa shape index (κ1) is 19.5. The van der Waals surface area contributed by atoms with E-state index in [1.54, 1.807) is 24.3 Å². The van der Waals surface area contributed by atoms with Gasteiger partial charge >= 0.3 is 0 Å². The summed E-state index contributed by atoms with van der Waals surface area (Å²) in [4.78, 5) is 17.0. The molecule has 1 heterocycles. The van der Waals surface area contributed by atoms with Gasteiger partial charge in [0.1, 0.15) is 0 Å². The highest BCUT2D eigenvalue weighted by Gasteiger charge is 2.17. The Labute approximate surface area is 162 Å². The van der Waals surface area contributed by atoms with E-state index in [0.717, 1.165) is 15.2 Å². The fourth-order valence-corrected chi connectivity index (χ4v) is 4.72. The molecule has 0 spiro atoms. The number of fused-ring (bicyclic) bond motifs is 1. The summed E-state index contributed by atoms with van der Waals surface area (Å²) in [6.07, 6.45) is 0.698. The van der Waals surface area contributed by atoms with Crippen LogP contribution in [0.1, 0.15) is 35.6 Å². The molecule has 3 rings (SSSR count). The summed E-state index contributed by atoms with van der Waals surface area (Å²) in [6.45, 7) is 5.65. The molecule has 1 aromatic heterocycles. The maximum absolute atomic E-state index is 12.5. The van der Waals surface area contributed by atoms with Gasteiger partial charge in [-0.15, -0.1) is 11.3 Å². The molecule has 27 heavy (non-hydrogen) atoms. The van der Waals surface area contributed by atoms with E-state index in [9.17, 15) is 13.2 Å². The lowest BCUT2D eigenvalue weighted by atomic mass is 10.2. The topological polar surface area (TPSA) is 88.2 Å². The first-order chi connectivity index (χ1) is 12.8. The van der Waals surface area contributed by atoms with Gasteiger partial charge in [-0.3, -0.25) is 4.79 Å². The zero-order valence-electron chi connectivity index (χ0n) is 15.3. The van der Waals surface area contributed by atoms with Gasteiger partial charge in [0.05, 0.1) is 20.1 Å². The second-order valence-corrected chi connectivity index (χ2v) is 9.27. The summed E-state index contributed by atoms with van der Waals surface area (Å²) in [7, 11) is -3.58. The molecule has 0 aliphatic rings. The van der Waals surface area contributed by atoms with Gasteiger partial charge in [-0.1, -0.05) is 6.92 Å². The minimum Gasteiger partial charge on any atom is -0.322 e. The maximum atomic E-state index is 12.5. The number of nitrogens with one attached hydrogen (secondary N) is 2. The number of carbonyl (C=O) groups excluding carboxylic acids is 1. The second-order valence-electron chi connectivity index (χ2n) is 6.32. The highest BCUT2D eigenvalue weighted by molar-refractivity contribution is 7.89. The second kappa shape index (κ2) is 7.75. The van der Waals surface area contributed by atoms with Crippen LogP contribution in [-0.2, 0) is 10.0 Å². The summed E-state index contributed by atoms with van der Waals surface area (Å²) in [5.74, 6) is -0.297. The number of carbonyl (C=O) groups is 1. The van der Waals surface area contributed by atoms with E-state index in [-0.39, 0.29) is 16.8 Å². The van der Waals surface area contributed by atoms with E-state index in [0.29, 0.717) is 17.7 Å². The van der Waals surface area contributed by atoms with Gasteiger partial charge in [-0.25, -0.2) is 18.1 Å². The van der Waals surface area contributed by atoms with E-state index in [4.69, 9.17) is 0 Å². The van der Waals surface area contributed by atoms with E-state index in [1.165, 1.54) is 24.3 Å². The van der Waals surface area contributed by atoms with Crippen molar-refractivity contribution < 1.29 is 13.2 Å². The zero-order chi connectivity index (χ0) is 19.6. The molecule has 0 bridgehead atoms. The van der Waals surface area contributed by atoms with Crippen molar-refractivity contribution in [1.29, 1.82) is 0 Å². The number of aryl methyl sites for hydroxylation is 1. The standard InChI is InChI=1S/C19H21N3O3S2/c1-4-12(2)22-27(24,25)16-8-5-14(6-9-16)19(23)21-15-7-10-17-18(11-15)26-13(3)20-17/h5-12,22H,4H2,1-3H3,(H,21,23)/t12-/m0/s1. The molecule has 3 aromatic rings. The smallest absolute Gasteiger partial charge is 0.255 e. The van der Waals surface area contributed by atoms with Gasteiger partial charge in [-0.05, 0) is 62.7 Å². The van der Waals surface area contributed by atoms with Crippen molar-refractivity contribution in [3.8, 4) is 0 Å². The fraction of sp³-hybridized carbons (Fsp3) is 0.263. The molecule has 2 aromatic carbocycles. The fourth-order valence-electron chi connectivity index (χ4n) is 2.52. The van der Waals surface area contributed by atoms with Crippen molar-refractivity contribution in [1.82, 2.24) is 9.71 Å². The van der Waals surface area contributed by atoms with Crippen LogP contribution in [0.2, 0.25) is 0 Å². The number of amides is 1. The Morgan fingerprint density at radius 1 is 1.19 bits per heavy atom. The molecule has 0 radical (unpaired) electrons. The quantitative estimate of drug-likeness (QED) is 0.653. The lowest BCUT2D eigenvalue weighted by Crippen LogP contribution is -2.32. The van der Waals surface area contributed by atoms with Gasteiger partial charge in [0, 0.05) is 17.3 Å². The predicted molar refractivity (Wildman–Crippen MR) is 109 cm³/mol. The van der Waals surface area contributed by atoms with E-state index < -0.39 is 10.0 Å². The Morgan fingerprint density at radius 3 is 2.56 bits per heavy atom. The van der Waals surface area contributed by atoms with Crippen molar-refractivity contribution in [3.63, 3.8) is 0 Å². The molecule has 2 N–H and O–H groups in total. The van der Waals surface area contributed by atoms with Crippen LogP contribution in [0.3, 0.4) is 0 Å². The van der Waals surface area contributed by atoms with E-state index in [1.807, 2.05) is 26.0 Å². The van der Waals surface area contributed by atoms with Gasteiger partial charge < -0.3 is 5.32 Å². The molecule has 1 atom stereocenters. The molecule has 0 fully saturated rings. The monoisotopic (exact) mass is 403 g/mol. The Kier molecular flexibility index (Phi) is 5.59. The average Bonchev–Trinajstić information content (AvgIpc) is 3.00. The third-order valence-corrected chi connectivity index (χ3v) is 6.69. The molecule has 0 saturated carbocycles. The minimum atomic E-state index is -3.58. The summed E-state index contributed by atoms with van der Waals surface area (Å²) < 4.78 is 28.2. The normalized spacial score (nSPS) is 12.9. The number of anilines is 1. The Hall–Kier alpha value is -2.29. The summed E-state index contributed by atoms with van der Waals surface area (Å²) >= 11 is 1.56. The highest BCUT2D eigenvalue weighted by Crippen LogP contribution is 2.25. The number of aromatic nitrogens is 1. The van der Waals surface area contributed by atoms with Crippen LogP contribution in [0.15, 0.2) is 47.4 Å². The average molecular weight is 404 g/mol. The van der Waals surface area contributed by atoms with Crippen molar-refractivity contribution in [3.05, 3.63) is 53.0 Å². The maximum Gasteiger partial charge on any atom is 0.255 e. The van der Waals surface area contributed by atoms with Crippen LogP contribution >= 0.6 is 11.3 Å². The summed E-state index contributed by atoms with van der Waals surface area (Å²) in [6, 6.07) is 11.3. The van der Waals surface area contributed by atoms with E-state index in [2.05, 4.69) is 15.0 Å². The van der Waals surface area contributed by atoms with Crippen LogP contribution in [-0.4, -0.2) is 25.4 Å². The molecular weight excluding hydrogens is 382 g/mol. The number of sulfonamides is 1. The Balaban J connectivity index is 1.74. The van der Waals surface area contributed by atoms with Gasteiger partial charge in [0.15, 0.2) is 0 Å². The molecule has 6 nitrogen and oxygen atoms in total. The van der Waals surface area contributed by atoms with Crippen molar-refractivity contribution in [2.45, 2.75) is 38.1 Å². The number of benzene rings is 2. The van der Waals surface area contributed by atoms with Crippen LogP contribution in [0.5, 0.6) is 0 Å². The molecule has 0 unspecified atom stereocenters. The van der Waals surface area contributed by atoms with Crippen LogP contribution in [0.4, 0.5) is 5.69 Å². The van der Waals surface area contributed by atoms with E-state index >= 15 is 0 Å². The molecule has 0 aliphatic heterocycles. The lowest BCUT2D eigenvalue weighted by Gasteiger charge is -2.12. The lowest BCUT2D eigenvalue weighted by molar-refractivity contribution is 0.102. The minimum absolute atomic E-state index is 0.140. The molecule has 0 saturated heterocycles. The van der Waals surface area contributed by atoms with Crippen molar-refractivity contribution in [2.75, 3.05) is 5.32 Å². The van der Waals surface area contributed by atoms with Gasteiger partial charge in [-0.2, -0.15) is 0 Å². The molecule has 1 amide bonds. The number of thiazole rings is 1. The number of rotatable bonds is 6. The summed E-state index contributed by atoms with van der Waals surface area (Å²) in [5.41, 5.74) is 1.96. The Morgan fingerprint density at radius 2 is 1.89 bits per heavy atom. The Bertz CT molecular complexity index is 1070. The first-order valence-corrected chi connectivity index (χ1v) is 10.9. The SMILES string of the molecule is CC[C@H](C)NS(=O)(=O)c1ccc(C(=O)Nc2ccc3nc(C)sc3c2)cc1. The third kappa shape index (κ3) is 4.52. The van der Waals surface area contributed by atoms with Crippen LogP contribution in [0, 0.1) is 6.92 Å². The summed E-state index contributed by atoms with van der Waals surface area (Å²) in [5, 5.41) is 3.80. The number of hydrogen-bond donors (Lipinski definition) is 2. The van der Waals surface area contributed by atoms with Crippen molar-refractivity contribution in [2.24, 2.45) is 0 Å². The largest absolute Gasteiger partial charge is 0.322 e. The third-order valence-electron chi connectivity index (χ3n) is 4.15. The predicted octanol–water partition coefficient (Wildman–Crippen LogP) is 3.93. The number of nitrogens with zero attached hydrogens (tertiary/aromatic N) is 1. The molecule has 0 aliphatic carbocycles. The molecule has 8 heteroatoms. The van der Waals surface area contributed by atoms with Gasteiger partial charge in [0.2, 0.25) is 10.0 Å². The number of hydrogen-bond acceptors (Lipinski definition) is 5. The van der Waals surface area contributed by atoms with Crippen molar-refractivity contribution >= 4 is 43.2 Å².